The number of carbonyl (C=O) groups is 2. The van der Waals surface area contributed by atoms with Crippen molar-refractivity contribution in [1.29, 1.82) is 0 Å². The highest BCUT2D eigenvalue weighted by molar-refractivity contribution is 5.98. The van der Waals surface area contributed by atoms with Crippen LogP contribution in [0.4, 0.5) is 0 Å². The molecule has 3 rings (SSSR count). The Kier molecular flexibility index (Phi) is 5.61. The largest absolute Gasteiger partial charge is 0.437 e. The van der Waals surface area contributed by atoms with Gasteiger partial charge < -0.3 is 21.1 Å². The molecule has 4 N–H and O–H groups in total. The third-order valence-electron chi connectivity index (χ3n) is 4.90. The number of benzene rings is 1. The molecule has 0 saturated carbocycles. The molecule has 1 aliphatic heterocycles. The molecule has 1 aromatic heterocycles. The topological polar surface area (TPSA) is 106 Å². The Morgan fingerprint density at radius 3 is 2.34 bits per heavy atom. The summed E-state index contributed by atoms with van der Waals surface area (Å²) >= 11 is 0. The molecule has 1 saturated heterocycles. The van der Waals surface area contributed by atoms with Crippen molar-refractivity contribution >= 4 is 11.8 Å². The van der Waals surface area contributed by atoms with E-state index in [9.17, 15) is 9.59 Å². The van der Waals surface area contributed by atoms with E-state index < -0.39 is 5.91 Å². The lowest BCUT2D eigenvalue weighted by molar-refractivity contribution is 0.0870. The second-order valence-corrected chi connectivity index (χ2v) is 8.79. The number of nitrogens with two attached hydrogens (primary N) is 1. The van der Waals surface area contributed by atoms with Crippen molar-refractivity contribution in [3.05, 3.63) is 53.7 Å². The third-order valence-corrected chi connectivity index (χ3v) is 4.90. The number of pyridine rings is 1. The van der Waals surface area contributed by atoms with Gasteiger partial charge in [-0.25, -0.2) is 4.98 Å². The quantitative estimate of drug-likeness (QED) is 0.720. The van der Waals surface area contributed by atoms with Crippen LogP contribution in [0.25, 0.3) is 0 Å². The lowest BCUT2D eigenvalue weighted by Gasteiger charge is -2.46. The molecule has 0 atom stereocenters. The van der Waals surface area contributed by atoms with Crippen molar-refractivity contribution in [3.8, 4) is 11.6 Å². The number of aromatic nitrogens is 1. The summed E-state index contributed by atoms with van der Waals surface area (Å²) in [5, 5.41) is 6.75. The van der Waals surface area contributed by atoms with Gasteiger partial charge in [-0.1, -0.05) is 12.1 Å². The van der Waals surface area contributed by atoms with Crippen LogP contribution in [0, 0.1) is 0 Å². The van der Waals surface area contributed by atoms with E-state index in [1.54, 1.807) is 30.3 Å². The number of para-hydroxylation sites is 1. The molecule has 1 aliphatic rings. The maximum absolute atomic E-state index is 13.0. The van der Waals surface area contributed by atoms with Crippen LogP contribution in [0.15, 0.2) is 42.6 Å². The van der Waals surface area contributed by atoms with Crippen molar-refractivity contribution in [2.45, 2.75) is 57.7 Å². The summed E-state index contributed by atoms with van der Waals surface area (Å²) < 4.78 is 5.81. The van der Waals surface area contributed by atoms with Crippen LogP contribution < -0.4 is 21.1 Å². The predicted octanol–water partition coefficient (Wildman–Crippen LogP) is 3.01. The maximum atomic E-state index is 13.0. The van der Waals surface area contributed by atoms with Crippen LogP contribution >= 0.6 is 0 Å². The third kappa shape index (κ3) is 5.12. The molecule has 0 aliphatic carbocycles. The highest BCUT2D eigenvalue weighted by Crippen LogP contribution is 2.30. The zero-order valence-electron chi connectivity index (χ0n) is 17.3. The van der Waals surface area contributed by atoms with Gasteiger partial charge in [-0.15, -0.1) is 0 Å². The van der Waals surface area contributed by atoms with E-state index in [-0.39, 0.29) is 34.5 Å². The van der Waals surface area contributed by atoms with Crippen LogP contribution in [0.5, 0.6) is 11.6 Å². The molecule has 154 valence electrons. The first kappa shape index (κ1) is 20.8. The predicted molar refractivity (Wildman–Crippen MR) is 111 cm³/mol. The molecule has 0 unspecified atom stereocenters. The highest BCUT2D eigenvalue weighted by Gasteiger charge is 2.38. The molecule has 0 spiro atoms. The van der Waals surface area contributed by atoms with E-state index in [1.165, 1.54) is 12.3 Å². The first-order valence-corrected chi connectivity index (χ1v) is 9.68. The Balaban J connectivity index is 1.82. The van der Waals surface area contributed by atoms with E-state index in [2.05, 4.69) is 43.3 Å². The minimum atomic E-state index is -0.644. The van der Waals surface area contributed by atoms with Crippen LogP contribution in [0.2, 0.25) is 0 Å². The van der Waals surface area contributed by atoms with Crippen LogP contribution in [-0.4, -0.2) is 33.9 Å². The van der Waals surface area contributed by atoms with Gasteiger partial charge in [0.1, 0.15) is 11.3 Å². The van der Waals surface area contributed by atoms with Gasteiger partial charge >= 0.3 is 0 Å². The minimum Gasteiger partial charge on any atom is -0.437 e. The van der Waals surface area contributed by atoms with Crippen molar-refractivity contribution in [1.82, 2.24) is 15.6 Å². The van der Waals surface area contributed by atoms with E-state index in [0.717, 1.165) is 12.8 Å². The zero-order valence-corrected chi connectivity index (χ0v) is 17.3. The summed E-state index contributed by atoms with van der Waals surface area (Å²) in [5.74, 6) is -0.479. The smallest absolute Gasteiger partial charge is 0.255 e. The van der Waals surface area contributed by atoms with Gasteiger partial charge in [-0.3, -0.25) is 9.59 Å². The Morgan fingerprint density at radius 1 is 1.07 bits per heavy atom. The number of primary amides is 1. The fourth-order valence-electron chi connectivity index (χ4n) is 4.19. The van der Waals surface area contributed by atoms with Crippen LogP contribution in [0.1, 0.15) is 61.3 Å². The summed E-state index contributed by atoms with van der Waals surface area (Å²) in [6.45, 7) is 8.54. The highest BCUT2D eigenvalue weighted by atomic mass is 16.5. The molecular formula is C22H28N4O3. The number of rotatable bonds is 5. The molecule has 1 aromatic carbocycles. The zero-order chi connectivity index (χ0) is 21.2. The average Bonchev–Trinajstić information content (AvgIpc) is 2.59. The molecular weight excluding hydrogens is 368 g/mol. The number of ether oxygens (including phenoxy) is 1. The maximum Gasteiger partial charge on any atom is 0.255 e. The molecule has 7 heteroatoms. The van der Waals surface area contributed by atoms with Gasteiger partial charge in [-0.05, 0) is 64.8 Å². The van der Waals surface area contributed by atoms with Crippen molar-refractivity contribution in [2.75, 3.05) is 0 Å². The summed E-state index contributed by atoms with van der Waals surface area (Å²) in [5.41, 5.74) is 5.76. The van der Waals surface area contributed by atoms with E-state index in [0.29, 0.717) is 11.3 Å². The second kappa shape index (κ2) is 7.83. The standard InChI is InChI=1S/C22H28N4O3/c1-21(2)12-14(13-22(3,4)26-21)25-19(28)15-8-5-6-10-17(15)29-20-16(18(23)27)9-7-11-24-20/h5-11,14,26H,12-13H2,1-4H3,(H2,23,27)(H,25,28). The number of nitrogens with zero attached hydrogens (tertiary/aromatic N) is 1. The van der Waals surface area contributed by atoms with E-state index >= 15 is 0 Å². The molecule has 2 aromatic rings. The minimum absolute atomic E-state index is 0.0258. The molecule has 2 heterocycles. The van der Waals surface area contributed by atoms with Crippen molar-refractivity contribution in [2.24, 2.45) is 5.73 Å². The van der Waals surface area contributed by atoms with Gasteiger partial charge in [0.2, 0.25) is 5.88 Å². The second-order valence-electron chi connectivity index (χ2n) is 8.79. The lowest BCUT2D eigenvalue weighted by Crippen LogP contribution is -2.62. The normalized spacial score (nSPS) is 18.1. The number of nitrogens with one attached hydrogen (secondary N) is 2. The van der Waals surface area contributed by atoms with Crippen molar-refractivity contribution < 1.29 is 14.3 Å². The van der Waals surface area contributed by atoms with Gasteiger partial charge in [0.05, 0.1) is 5.56 Å². The Morgan fingerprint density at radius 2 is 1.69 bits per heavy atom. The monoisotopic (exact) mass is 396 g/mol. The lowest BCUT2D eigenvalue weighted by atomic mass is 9.79. The number of amides is 2. The molecule has 2 amide bonds. The molecule has 1 fully saturated rings. The average molecular weight is 396 g/mol. The van der Waals surface area contributed by atoms with Gasteiger partial charge in [-0.2, -0.15) is 0 Å². The number of carbonyl (C=O) groups excluding carboxylic acids is 2. The Labute approximate surface area is 171 Å². The Hall–Kier alpha value is -2.93. The SMILES string of the molecule is CC1(C)CC(NC(=O)c2ccccc2Oc2ncccc2C(N)=O)CC(C)(C)N1. The van der Waals surface area contributed by atoms with E-state index in [4.69, 9.17) is 10.5 Å². The molecule has 0 radical (unpaired) electrons. The summed E-state index contributed by atoms with van der Waals surface area (Å²) in [6, 6.07) is 10.1. The fourth-order valence-corrected chi connectivity index (χ4v) is 4.19. The van der Waals surface area contributed by atoms with Crippen LogP contribution in [0.3, 0.4) is 0 Å². The van der Waals surface area contributed by atoms with E-state index in [1.807, 2.05) is 0 Å². The number of hydrogen-bond acceptors (Lipinski definition) is 5. The van der Waals surface area contributed by atoms with Crippen LogP contribution in [-0.2, 0) is 0 Å². The molecule has 7 nitrogen and oxygen atoms in total. The van der Waals surface area contributed by atoms with Gasteiger partial charge in [0.15, 0.2) is 0 Å². The molecule has 29 heavy (non-hydrogen) atoms. The fraction of sp³-hybridized carbons (Fsp3) is 0.409. The first-order chi connectivity index (χ1) is 13.6. The Bertz CT molecular complexity index is 908. The number of piperidine rings is 1. The van der Waals surface area contributed by atoms with Gasteiger partial charge in [0, 0.05) is 23.3 Å². The summed E-state index contributed by atoms with van der Waals surface area (Å²) in [6.07, 6.45) is 3.14. The number of hydrogen-bond donors (Lipinski definition) is 3. The molecule has 0 bridgehead atoms. The van der Waals surface area contributed by atoms with Gasteiger partial charge in [0.25, 0.3) is 11.8 Å². The summed E-state index contributed by atoms with van der Waals surface area (Å²) in [4.78, 5) is 28.8. The van der Waals surface area contributed by atoms with Crippen molar-refractivity contribution in [3.63, 3.8) is 0 Å². The first-order valence-electron chi connectivity index (χ1n) is 9.68. The summed E-state index contributed by atoms with van der Waals surface area (Å²) in [7, 11) is 0.